The maximum absolute atomic E-state index is 12.9. The molecule has 1 aromatic carbocycles. The van der Waals surface area contributed by atoms with Gasteiger partial charge >= 0.3 is 11.9 Å². The van der Waals surface area contributed by atoms with E-state index < -0.39 is 11.9 Å². The Morgan fingerprint density at radius 2 is 1.63 bits per heavy atom. The fraction of sp³-hybridized carbons (Fsp3) is 0.600. The highest BCUT2D eigenvalue weighted by Crippen LogP contribution is 2.28. The summed E-state index contributed by atoms with van der Waals surface area (Å²) in [4.78, 5) is 23.4. The van der Waals surface area contributed by atoms with Gasteiger partial charge in [-0.2, -0.15) is 0 Å². The minimum absolute atomic E-state index is 0.144. The van der Waals surface area contributed by atoms with Crippen molar-refractivity contribution in [3.63, 3.8) is 0 Å². The van der Waals surface area contributed by atoms with E-state index in [1.54, 1.807) is 12.1 Å². The molecule has 3 rings (SSSR count). The third kappa shape index (κ3) is 7.27. The van der Waals surface area contributed by atoms with Crippen molar-refractivity contribution in [3.05, 3.63) is 35.6 Å². The van der Waals surface area contributed by atoms with Gasteiger partial charge in [-0.1, -0.05) is 31.9 Å². The van der Waals surface area contributed by atoms with E-state index in [0.717, 1.165) is 31.6 Å². The SMILES string of the molecule is CC1CCCC(N2CCN(Cc3ccc(F)cc3)CC2)C1.O=C(O)C(=O)O. The minimum atomic E-state index is -1.82. The van der Waals surface area contributed by atoms with E-state index in [2.05, 4.69) is 16.7 Å². The lowest BCUT2D eigenvalue weighted by molar-refractivity contribution is -0.159. The Kier molecular flexibility index (Phi) is 8.19. The molecule has 27 heavy (non-hydrogen) atoms. The van der Waals surface area contributed by atoms with Gasteiger partial charge in [-0.3, -0.25) is 9.80 Å². The van der Waals surface area contributed by atoms with Crippen molar-refractivity contribution >= 4 is 11.9 Å². The highest BCUT2D eigenvalue weighted by Gasteiger charge is 2.27. The van der Waals surface area contributed by atoms with Crippen LogP contribution < -0.4 is 0 Å². The van der Waals surface area contributed by atoms with Crippen molar-refractivity contribution in [3.8, 4) is 0 Å². The van der Waals surface area contributed by atoms with Crippen molar-refractivity contribution in [2.45, 2.75) is 45.2 Å². The molecule has 0 amide bonds. The number of benzene rings is 1. The van der Waals surface area contributed by atoms with E-state index in [-0.39, 0.29) is 5.82 Å². The summed E-state index contributed by atoms with van der Waals surface area (Å²) in [6.45, 7) is 8.02. The Balaban J connectivity index is 0.000000380. The molecule has 0 spiro atoms. The molecular formula is C20H29FN2O4. The summed E-state index contributed by atoms with van der Waals surface area (Å²) in [6, 6.07) is 7.76. The van der Waals surface area contributed by atoms with Crippen LogP contribution in [0.2, 0.25) is 0 Å². The molecule has 0 bridgehead atoms. The van der Waals surface area contributed by atoms with Crippen molar-refractivity contribution < 1.29 is 24.2 Å². The number of hydrogen-bond acceptors (Lipinski definition) is 4. The Morgan fingerprint density at radius 3 is 2.15 bits per heavy atom. The van der Waals surface area contributed by atoms with E-state index in [4.69, 9.17) is 19.8 Å². The highest BCUT2D eigenvalue weighted by atomic mass is 19.1. The quantitative estimate of drug-likeness (QED) is 0.785. The van der Waals surface area contributed by atoms with Crippen LogP contribution in [-0.2, 0) is 16.1 Å². The molecule has 1 aliphatic heterocycles. The van der Waals surface area contributed by atoms with Crippen LogP contribution in [0.3, 0.4) is 0 Å². The molecule has 2 N–H and O–H groups in total. The third-order valence-electron chi connectivity index (χ3n) is 5.33. The summed E-state index contributed by atoms with van der Waals surface area (Å²) in [5.41, 5.74) is 1.22. The monoisotopic (exact) mass is 380 g/mol. The fourth-order valence-electron chi connectivity index (χ4n) is 3.87. The number of halogens is 1. The molecule has 0 aromatic heterocycles. The Morgan fingerprint density at radius 1 is 1.04 bits per heavy atom. The van der Waals surface area contributed by atoms with Crippen LogP contribution in [0.25, 0.3) is 0 Å². The van der Waals surface area contributed by atoms with Crippen LogP contribution in [-0.4, -0.2) is 64.2 Å². The van der Waals surface area contributed by atoms with E-state index in [0.29, 0.717) is 0 Å². The first-order valence-corrected chi connectivity index (χ1v) is 9.52. The first kappa shape index (κ1) is 21.3. The van der Waals surface area contributed by atoms with Gasteiger partial charge in [0.15, 0.2) is 0 Å². The average Bonchev–Trinajstić information content (AvgIpc) is 2.65. The van der Waals surface area contributed by atoms with Gasteiger partial charge in [-0.25, -0.2) is 14.0 Å². The van der Waals surface area contributed by atoms with Gasteiger partial charge < -0.3 is 10.2 Å². The van der Waals surface area contributed by atoms with Crippen LogP contribution in [0.4, 0.5) is 4.39 Å². The molecule has 1 saturated carbocycles. The number of nitrogens with zero attached hydrogens (tertiary/aromatic N) is 2. The molecule has 1 saturated heterocycles. The lowest BCUT2D eigenvalue weighted by atomic mass is 9.86. The summed E-state index contributed by atoms with van der Waals surface area (Å²) in [5.74, 6) is -2.89. The van der Waals surface area contributed by atoms with Gasteiger partial charge in [-0.05, 0) is 36.5 Å². The summed E-state index contributed by atoms with van der Waals surface area (Å²) in [6.07, 6.45) is 5.60. The molecule has 2 atom stereocenters. The first-order valence-electron chi connectivity index (χ1n) is 9.52. The standard InChI is InChI=1S/C18H27FN2.C2H2O4/c1-15-3-2-4-18(13-15)21-11-9-20(10-12-21)14-16-5-7-17(19)8-6-16;3-1(4)2(5)6/h5-8,15,18H,2-4,9-14H2,1H3;(H,3,4)(H,5,6). The van der Waals surface area contributed by atoms with Gasteiger partial charge in [0.2, 0.25) is 0 Å². The van der Waals surface area contributed by atoms with Crippen LogP contribution in [0, 0.1) is 11.7 Å². The second kappa shape index (κ2) is 10.4. The second-order valence-corrected chi connectivity index (χ2v) is 7.47. The summed E-state index contributed by atoms with van der Waals surface area (Å²) >= 11 is 0. The van der Waals surface area contributed by atoms with Gasteiger partial charge in [0.1, 0.15) is 5.82 Å². The lowest BCUT2D eigenvalue weighted by Gasteiger charge is -2.42. The normalized spacial score (nSPS) is 23.9. The number of aliphatic carboxylic acids is 2. The Hall–Kier alpha value is -1.99. The van der Waals surface area contributed by atoms with Crippen LogP contribution >= 0.6 is 0 Å². The molecule has 1 aromatic rings. The number of hydrogen-bond donors (Lipinski definition) is 2. The summed E-state index contributed by atoms with van der Waals surface area (Å²) in [5, 5.41) is 14.8. The molecule has 6 nitrogen and oxygen atoms in total. The topological polar surface area (TPSA) is 81.1 Å². The molecule has 2 fully saturated rings. The van der Waals surface area contributed by atoms with Crippen molar-refractivity contribution in [2.24, 2.45) is 5.92 Å². The molecule has 2 aliphatic rings. The van der Waals surface area contributed by atoms with Crippen molar-refractivity contribution in [1.82, 2.24) is 9.80 Å². The number of piperazine rings is 1. The second-order valence-electron chi connectivity index (χ2n) is 7.47. The van der Waals surface area contributed by atoms with Crippen LogP contribution in [0.15, 0.2) is 24.3 Å². The smallest absolute Gasteiger partial charge is 0.414 e. The van der Waals surface area contributed by atoms with E-state index in [1.807, 2.05) is 12.1 Å². The van der Waals surface area contributed by atoms with Gasteiger partial charge in [-0.15, -0.1) is 0 Å². The molecular weight excluding hydrogens is 351 g/mol. The lowest BCUT2D eigenvalue weighted by Crippen LogP contribution is -2.50. The predicted octanol–water partition coefficient (Wildman–Crippen LogP) is 2.68. The predicted molar refractivity (Wildman–Crippen MR) is 99.9 cm³/mol. The van der Waals surface area contributed by atoms with Gasteiger partial charge in [0.05, 0.1) is 0 Å². The first-order chi connectivity index (χ1) is 12.8. The Bertz CT molecular complexity index is 603. The fourth-order valence-corrected chi connectivity index (χ4v) is 3.87. The average molecular weight is 380 g/mol. The summed E-state index contributed by atoms with van der Waals surface area (Å²) < 4.78 is 12.9. The van der Waals surface area contributed by atoms with Crippen LogP contribution in [0.1, 0.15) is 38.2 Å². The minimum Gasteiger partial charge on any atom is -0.473 e. The molecule has 1 aliphatic carbocycles. The number of carboxylic acid groups (broad SMARTS) is 2. The zero-order chi connectivity index (χ0) is 19.8. The molecule has 7 heteroatoms. The highest BCUT2D eigenvalue weighted by molar-refractivity contribution is 6.27. The van der Waals surface area contributed by atoms with Crippen molar-refractivity contribution in [2.75, 3.05) is 26.2 Å². The maximum atomic E-state index is 12.9. The van der Waals surface area contributed by atoms with Gasteiger partial charge in [0, 0.05) is 38.8 Å². The molecule has 0 radical (unpaired) electrons. The third-order valence-corrected chi connectivity index (χ3v) is 5.33. The Labute approximate surface area is 159 Å². The largest absolute Gasteiger partial charge is 0.473 e. The van der Waals surface area contributed by atoms with Crippen LogP contribution in [0.5, 0.6) is 0 Å². The number of rotatable bonds is 3. The molecule has 2 unspecified atom stereocenters. The van der Waals surface area contributed by atoms with E-state index in [9.17, 15) is 4.39 Å². The number of carboxylic acids is 2. The van der Waals surface area contributed by atoms with Crippen molar-refractivity contribution in [1.29, 1.82) is 0 Å². The van der Waals surface area contributed by atoms with E-state index in [1.165, 1.54) is 44.3 Å². The zero-order valence-corrected chi connectivity index (χ0v) is 15.8. The molecule has 1 heterocycles. The zero-order valence-electron chi connectivity index (χ0n) is 15.8. The van der Waals surface area contributed by atoms with Gasteiger partial charge in [0.25, 0.3) is 0 Å². The number of carbonyl (C=O) groups is 2. The van der Waals surface area contributed by atoms with E-state index >= 15 is 0 Å². The molecule has 150 valence electrons. The maximum Gasteiger partial charge on any atom is 0.414 e. The summed E-state index contributed by atoms with van der Waals surface area (Å²) in [7, 11) is 0.